The Morgan fingerprint density at radius 3 is 2.60 bits per heavy atom. The van der Waals surface area contributed by atoms with Crippen LogP contribution in [0.5, 0.6) is 5.75 Å². The largest absolute Gasteiger partial charge is 0.508 e. The normalized spacial score (nSPS) is 10.5. The number of hydrogen-bond acceptors (Lipinski definition) is 3. The Balaban J connectivity index is 2.49. The van der Waals surface area contributed by atoms with E-state index in [0.717, 1.165) is 16.9 Å². The highest BCUT2D eigenvalue weighted by Crippen LogP contribution is 2.21. The second-order valence-electron chi connectivity index (χ2n) is 3.59. The van der Waals surface area contributed by atoms with Crippen LogP contribution in [0.2, 0.25) is 0 Å². The summed E-state index contributed by atoms with van der Waals surface area (Å²) >= 11 is 0. The van der Waals surface area contributed by atoms with E-state index < -0.39 is 0 Å². The van der Waals surface area contributed by atoms with E-state index in [1.54, 1.807) is 16.9 Å². The summed E-state index contributed by atoms with van der Waals surface area (Å²) in [5, 5.41) is 13.8. The third-order valence-electron chi connectivity index (χ3n) is 2.39. The van der Waals surface area contributed by atoms with Crippen LogP contribution in [0.3, 0.4) is 0 Å². The zero-order chi connectivity index (χ0) is 11.0. The molecule has 0 aliphatic carbocycles. The van der Waals surface area contributed by atoms with Gasteiger partial charge in [0.15, 0.2) is 0 Å². The van der Waals surface area contributed by atoms with Crippen molar-refractivity contribution in [2.45, 2.75) is 13.8 Å². The van der Waals surface area contributed by atoms with Crippen molar-refractivity contribution in [2.75, 3.05) is 5.73 Å². The van der Waals surface area contributed by atoms with Crippen molar-refractivity contribution in [1.82, 2.24) is 9.78 Å². The minimum Gasteiger partial charge on any atom is -0.508 e. The zero-order valence-electron chi connectivity index (χ0n) is 8.73. The molecule has 78 valence electrons. The van der Waals surface area contributed by atoms with Gasteiger partial charge >= 0.3 is 0 Å². The number of aryl methyl sites for hydroxylation is 2. The first-order valence-electron chi connectivity index (χ1n) is 4.69. The summed E-state index contributed by atoms with van der Waals surface area (Å²) in [6.07, 6.45) is 1.74. The molecule has 1 heterocycles. The summed E-state index contributed by atoms with van der Waals surface area (Å²) in [5.41, 5.74) is 8.78. The van der Waals surface area contributed by atoms with Crippen LogP contribution in [0.15, 0.2) is 24.4 Å². The van der Waals surface area contributed by atoms with Crippen LogP contribution in [0.4, 0.5) is 5.69 Å². The second-order valence-corrected chi connectivity index (χ2v) is 3.59. The maximum atomic E-state index is 9.57. The molecule has 0 bridgehead atoms. The predicted octanol–water partition coefficient (Wildman–Crippen LogP) is 1.78. The molecule has 1 aromatic heterocycles. The quantitative estimate of drug-likeness (QED) is 0.742. The molecule has 4 nitrogen and oxygen atoms in total. The molecule has 1 aromatic carbocycles. The number of nitrogens with zero attached hydrogens (tertiary/aromatic N) is 2. The van der Waals surface area contributed by atoms with Crippen LogP contribution in [0.1, 0.15) is 11.3 Å². The molecular weight excluding hydrogens is 190 g/mol. The zero-order valence-corrected chi connectivity index (χ0v) is 8.73. The van der Waals surface area contributed by atoms with Gasteiger partial charge in [0.05, 0.1) is 23.3 Å². The van der Waals surface area contributed by atoms with Gasteiger partial charge in [-0.1, -0.05) is 6.07 Å². The maximum absolute atomic E-state index is 9.57. The van der Waals surface area contributed by atoms with Crippen molar-refractivity contribution >= 4 is 5.69 Å². The Morgan fingerprint density at radius 2 is 2.07 bits per heavy atom. The Morgan fingerprint density at radius 1 is 1.33 bits per heavy atom. The molecule has 0 aliphatic rings. The van der Waals surface area contributed by atoms with E-state index in [2.05, 4.69) is 5.10 Å². The van der Waals surface area contributed by atoms with E-state index in [4.69, 9.17) is 5.73 Å². The molecule has 0 radical (unpaired) electrons. The van der Waals surface area contributed by atoms with E-state index in [1.165, 1.54) is 0 Å². The minimum atomic E-state index is 0.263. The van der Waals surface area contributed by atoms with Gasteiger partial charge in [-0.2, -0.15) is 5.10 Å². The van der Waals surface area contributed by atoms with Gasteiger partial charge in [0.2, 0.25) is 0 Å². The van der Waals surface area contributed by atoms with Gasteiger partial charge in [0.25, 0.3) is 0 Å². The SMILES string of the molecule is Cc1ccc(-n2cc(N)c(C)n2)cc1O. The van der Waals surface area contributed by atoms with Crippen LogP contribution >= 0.6 is 0 Å². The first-order chi connectivity index (χ1) is 7.08. The Kier molecular flexibility index (Phi) is 2.11. The third-order valence-corrected chi connectivity index (χ3v) is 2.39. The van der Waals surface area contributed by atoms with Gasteiger partial charge in [0, 0.05) is 6.07 Å². The van der Waals surface area contributed by atoms with E-state index in [-0.39, 0.29) is 5.75 Å². The number of hydrogen-bond donors (Lipinski definition) is 2. The van der Waals surface area contributed by atoms with Crippen molar-refractivity contribution in [3.63, 3.8) is 0 Å². The Bertz CT molecular complexity index is 483. The van der Waals surface area contributed by atoms with Crippen LogP contribution in [-0.2, 0) is 0 Å². The van der Waals surface area contributed by atoms with Gasteiger partial charge < -0.3 is 10.8 Å². The van der Waals surface area contributed by atoms with E-state index in [9.17, 15) is 5.11 Å². The maximum Gasteiger partial charge on any atom is 0.120 e. The summed E-state index contributed by atoms with van der Waals surface area (Å²) in [6.45, 7) is 3.70. The van der Waals surface area contributed by atoms with E-state index in [1.807, 2.05) is 26.0 Å². The van der Waals surface area contributed by atoms with Gasteiger partial charge in [-0.05, 0) is 25.5 Å². The Labute approximate surface area is 88.0 Å². The molecule has 2 rings (SSSR count). The highest BCUT2D eigenvalue weighted by Gasteiger charge is 2.04. The van der Waals surface area contributed by atoms with Crippen molar-refractivity contribution in [2.24, 2.45) is 0 Å². The summed E-state index contributed by atoms with van der Waals surface area (Å²) in [5.74, 6) is 0.263. The predicted molar refractivity (Wildman–Crippen MR) is 59.1 cm³/mol. The van der Waals surface area contributed by atoms with Gasteiger partial charge in [-0.3, -0.25) is 0 Å². The standard InChI is InChI=1S/C11H13N3O/c1-7-3-4-9(5-11(7)15)14-6-10(12)8(2)13-14/h3-6,15H,12H2,1-2H3. The van der Waals surface area contributed by atoms with Crippen LogP contribution < -0.4 is 5.73 Å². The number of phenols is 1. The lowest BCUT2D eigenvalue weighted by Crippen LogP contribution is -1.94. The van der Waals surface area contributed by atoms with Crippen molar-refractivity contribution in [3.05, 3.63) is 35.7 Å². The molecule has 2 aromatic rings. The van der Waals surface area contributed by atoms with Gasteiger partial charge in [0.1, 0.15) is 5.75 Å². The lowest BCUT2D eigenvalue weighted by atomic mass is 10.2. The number of phenolic OH excluding ortho intramolecular Hbond substituents is 1. The molecule has 0 amide bonds. The number of anilines is 1. The van der Waals surface area contributed by atoms with Crippen molar-refractivity contribution < 1.29 is 5.11 Å². The molecule has 0 spiro atoms. The van der Waals surface area contributed by atoms with E-state index in [0.29, 0.717) is 5.69 Å². The highest BCUT2D eigenvalue weighted by molar-refractivity contribution is 5.47. The minimum absolute atomic E-state index is 0.263. The lowest BCUT2D eigenvalue weighted by molar-refractivity contribution is 0.470. The number of nitrogen functional groups attached to an aromatic ring is 1. The average molecular weight is 203 g/mol. The van der Waals surface area contributed by atoms with Crippen LogP contribution in [-0.4, -0.2) is 14.9 Å². The third kappa shape index (κ3) is 1.66. The number of benzene rings is 1. The molecule has 0 aliphatic heterocycles. The number of rotatable bonds is 1. The van der Waals surface area contributed by atoms with Gasteiger partial charge in [-0.15, -0.1) is 0 Å². The summed E-state index contributed by atoms with van der Waals surface area (Å²) in [4.78, 5) is 0. The average Bonchev–Trinajstić information content (AvgIpc) is 2.52. The molecular formula is C11H13N3O. The fourth-order valence-electron chi connectivity index (χ4n) is 1.35. The number of nitrogens with two attached hydrogens (primary N) is 1. The smallest absolute Gasteiger partial charge is 0.120 e. The van der Waals surface area contributed by atoms with Crippen LogP contribution in [0, 0.1) is 13.8 Å². The Hall–Kier alpha value is -1.97. The number of aromatic hydroxyl groups is 1. The second kappa shape index (κ2) is 3.31. The molecule has 0 unspecified atom stereocenters. The van der Waals surface area contributed by atoms with E-state index >= 15 is 0 Å². The summed E-state index contributed by atoms with van der Waals surface area (Å²) < 4.78 is 1.66. The van der Waals surface area contributed by atoms with Crippen molar-refractivity contribution in [1.29, 1.82) is 0 Å². The van der Waals surface area contributed by atoms with Crippen molar-refractivity contribution in [3.8, 4) is 11.4 Å². The topological polar surface area (TPSA) is 64.1 Å². The fraction of sp³-hybridized carbons (Fsp3) is 0.182. The molecule has 0 atom stereocenters. The summed E-state index contributed by atoms with van der Waals surface area (Å²) in [6, 6.07) is 5.40. The first kappa shape index (κ1) is 9.58. The first-order valence-corrected chi connectivity index (χ1v) is 4.69. The molecule has 15 heavy (non-hydrogen) atoms. The van der Waals surface area contributed by atoms with Gasteiger partial charge in [-0.25, -0.2) is 4.68 Å². The number of aromatic nitrogens is 2. The lowest BCUT2D eigenvalue weighted by Gasteiger charge is -2.03. The molecule has 0 fully saturated rings. The molecule has 4 heteroatoms. The monoisotopic (exact) mass is 203 g/mol. The molecule has 0 saturated heterocycles. The summed E-state index contributed by atoms with van der Waals surface area (Å²) in [7, 11) is 0. The fourth-order valence-corrected chi connectivity index (χ4v) is 1.35. The molecule has 3 N–H and O–H groups in total. The highest BCUT2D eigenvalue weighted by atomic mass is 16.3. The molecule has 0 saturated carbocycles. The van der Waals surface area contributed by atoms with Crippen LogP contribution in [0.25, 0.3) is 5.69 Å².